The minimum Gasteiger partial charge on any atom is -0.357 e. The van der Waals surface area contributed by atoms with Crippen LogP contribution in [0.4, 0.5) is 0 Å². The fraction of sp³-hybridized carbons (Fsp3) is 0.400. The van der Waals surface area contributed by atoms with Crippen LogP contribution in [0, 0.1) is 5.41 Å². The van der Waals surface area contributed by atoms with Crippen molar-refractivity contribution in [1.29, 1.82) is 0 Å². The molecule has 0 amide bonds. The average Bonchev–Trinajstić information content (AvgIpc) is 2.59. The zero-order valence-corrected chi connectivity index (χ0v) is 14.9. The van der Waals surface area contributed by atoms with Crippen LogP contribution in [0.5, 0.6) is 0 Å². The van der Waals surface area contributed by atoms with Gasteiger partial charge in [0.1, 0.15) is 0 Å². The number of pyridine rings is 1. The largest absolute Gasteiger partial charge is 0.357 e. The molecule has 1 aromatic carbocycles. The van der Waals surface area contributed by atoms with Gasteiger partial charge in [0.05, 0.1) is 12.2 Å². The first-order chi connectivity index (χ1) is 11.6. The minimum atomic E-state index is 0.141. The molecule has 0 bridgehead atoms. The molecule has 2 N–H and O–H groups in total. The number of guanidine groups is 1. The van der Waals surface area contributed by atoms with E-state index in [0.717, 1.165) is 31.2 Å². The molecule has 0 fully saturated rings. The molecule has 0 saturated carbocycles. The molecule has 1 heterocycles. The summed E-state index contributed by atoms with van der Waals surface area (Å²) in [7, 11) is 0. The van der Waals surface area contributed by atoms with E-state index in [0.29, 0.717) is 6.54 Å². The topological polar surface area (TPSA) is 49.3 Å². The van der Waals surface area contributed by atoms with Crippen molar-refractivity contribution in [3.63, 3.8) is 0 Å². The van der Waals surface area contributed by atoms with E-state index in [-0.39, 0.29) is 5.41 Å². The molecule has 0 saturated heterocycles. The van der Waals surface area contributed by atoms with Crippen molar-refractivity contribution in [2.45, 2.75) is 33.7 Å². The van der Waals surface area contributed by atoms with Crippen molar-refractivity contribution in [2.75, 3.05) is 13.1 Å². The van der Waals surface area contributed by atoms with Gasteiger partial charge in [0.25, 0.3) is 0 Å². The van der Waals surface area contributed by atoms with Crippen LogP contribution in [0.15, 0.2) is 59.7 Å². The summed E-state index contributed by atoms with van der Waals surface area (Å²) in [6.07, 6.45) is 2.83. The number of hydrogen-bond donors (Lipinski definition) is 2. The monoisotopic (exact) mass is 324 g/mol. The Hall–Kier alpha value is -2.36. The van der Waals surface area contributed by atoms with Crippen LogP contribution in [0.1, 0.15) is 32.0 Å². The number of aromatic nitrogens is 1. The Bertz CT molecular complexity index is 621. The van der Waals surface area contributed by atoms with Crippen LogP contribution in [0.25, 0.3) is 0 Å². The summed E-state index contributed by atoms with van der Waals surface area (Å²) in [6, 6.07) is 16.5. The maximum atomic E-state index is 4.63. The molecule has 0 unspecified atom stereocenters. The third kappa shape index (κ3) is 6.41. The maximum Gasteiger partial charge on any atom is 0.191 e. The molecule has 2 rings (SSSR count). The first-order valence-electron chi connectivity index (χ1n) is 8.55. The predicted molar refractivity (Wildman–Crippen MR) is 101 cm³/mol. The summed E-state index contributed by atoms with van der Waals surface area (Å²) < 4.78 is 0. The highest BCUT2D eigenvalue weighted by Gasteiger charge is 2.18. The van der Waals surface area contributed by atoms with E-state index in [1.807, 2.05) is 18.2 Å². The van der Waals surface area contributed by atoms with Gasteiger partial charge >= 0.3 is 0 Å². The molecule has 0 spiro atoms. The quantitative estimate of drug-likeness (QED) is 0.606. The fourth-order valence-electron chi connectivity index (χ4n) is 2.53. The normalized spacial score (nSPS) is 12.0. The molecule has 0 aliphatic carbocycles. The van der Waals surface area contributed by atoms with Crippen LogP contribution in [0.3, 0.4) is 0 Å². The summed E-state index contributed by atoms with van der Waals surface area (Å²) in [4.78, 5) is 8.94. The number of aliphatic imine (C=N–C) groups is 1. The van der Waals surface area contributed by atoms with Gasteiger partial charge in [0, 0.05) is 19.3 Å². The molecule has 4 nitrogen and oxygen atoms in total. The van der Waals surface area contributed by atoms with E-state index < -0.39 is 0 Å². The van der Waals surface area contributed by atoms with Gasteiger partial charge in [-0.15, -0.1) is 0 Å². The summed E-state index contributed by atoms with van der Waals surface area (Å²) >= 11 is 0. The Balaban J connectivity index is 1.92. The number of hydrogen-bond acceptors (Lipinski definition) is 2. The van der Waals surface area contributed by atoms with E-state index in [1.54, 1.807) is 6.20 Å². The van der Waals surface area contributed by atoms with Crippen molar-refractivity contribution < 1.29 is 0 Å². The Morgan fingerprint density at radius 3 is 2.46 bits per heavy atom. The number of rotatable bonds is 7. The zero-order valence-electron chi connectivity index (χ0n) is 14.9. The third-order valence-electron chi connectivity index (χ3n) is 3.73. The van der Waals surface area contributed by atoms with Crippen LogP contribution in [-0.2, 0) is 13.0 Å². The lowest BCUT2D eigenvalue weighted by molar-refractivity contribution is 0.359. The van der Waals surface area contributed by atoms with E-state index in [1.165, 1.54) is 5.56 Å². The summed E-state index contributed by atoms with van der Waals surface area (Å²) in [5.74, 6) is 0.837. The van der Waals surface area contributed by atoms with Gasteiger partial charge in [-0.05, 0) is 36.5 Å². The second-order valence-electron chi connectivity index (χ2n) is 6.70. The zero-order chi connectivity index (χ0) is 17.3. The lowest BCUT2D eigenvalue weighted by Crippen LogP contribution is -2.42. The van der Waals surface area contributed by atoms with E-state index in [9.17, 15) is 0 Å². The van der Waals surface area contributed by atoms with Crippen molar-refractivity contribution in [3.05, 3.63) is 66.0 Å². The molecule has 0 aliphatic rings. The van der Waals surface area contributed by atoms with Crippen LogP contribution in [-0.4, -0.2) is 24.0 Å². The van der Waals surface area contributed by atoms with E-state index in [2.05, 4.69) is 71.7 Å². The van der Waals surface area contributed by atoms with Crippen molar-refractivity contribution in [1.82, 2.24) is 15.6 Å². The van der Waals surface area contributed by atoms with Crippen LogP contribution >= 0.6 is 0 Å². The molecule has 24 heavy (non-hydrogen) atoms. The van der Waals surface area contributed by atoms with Gasteiger partial charge in [-0.25, -0.2) is 4.99 Å². The average molecular weight is 324 g/mol. The lowest BCUT2D eigenvalue weighted by atomic mass is 9.86. The Labute approximate surface area is 145 Å². The van der Waals surface area contributed by atoms with Gasteiger partial charge in [-0.2, -0.15) is 0 Å². The summed E-state index contributed by atoms with van der Waals surface area (Å²) in [5.41, 5.74) is 2.47. The molecule has 1 aromatic heterocycles. The smallest absolute Gasteiger partial charge is 0.191 e. The van der Waals surface area contributed by atoms with Gasteiger partial charge < -0.3 is 10.6 Å². The molecular formula is C20H28N4. The Morgan fingerprint density at radius 2 is 1.79 bits per heavy atom. The van der Waals surface area contributed by atoms with Crippen LogP contribution in [0.2, 0.25) is 0 Å². The highest BCUT2D eigenvalue weighted by molar-refractivity contribution is 5.79. The summed E-state index contributed by atoms with van der Waals surface area (Å²) in [5, 5.41) is 6.76. The third-order valence-corrected chi connectivity index (χ3v) is 3.73. The van der Waals surface area contributed by atoms with Gasteiger partial charge in [-0.1, -0.05) is 50.2 Å². The van der Waals surface area contributed by atoms with Crippen LogP contribution < -0.4 is 10.6 Å². The summed E-state index contributed by atoms with van der Waals surface area (Å²) in [6.45, 7) is 8.90. The first kappa shape index (κ1) is 18.0. The molecule has 2 aromatic rings. The predicted octanol–water partition coefficient (Wildman–Crippen LogP) is 3.41. The number of nitrogens with one attached hydrogen (secondary N) is 2. The Morgan fingerprint density at radius 1 is 1.04 bits per heavy atom. The minimum absolute atomic E-state index is 0.141. The molecule has 0 aliphatic heterocycles. The molecule has 0 radical (unpaired) electrons. The maximum absolute atomic E-state index is 4.63. The SMILES string of the molecule is CCNC(=NCc1ccccn1)NCC(C)(C)Cc1ccccc1. The van der Waals surface area contributed by atoms with Crippen molar-refractivity contribution in [3.8, 4) is 0 Å². The standard InChI is InChI=1S/C20H28N4/c1-4-21-19(23-15-18-12-8-9-13-22-18)24-16-20(2,3)14-17-10-6-5-7-11-17/h5-13H,4,14-16H2,1-3H3,(H2,21,23,24). The van der Waals surface area contributed by atoms with Crippen molar-refractivity contribution in [2.24, 2.45) is 10.4 Å². The van der Waals surface area contributed by atoms with Gasteiger partial charge in [-0.3, -0.25) is 4.98 Å². The number of benzene rings is 1. The number of nitrogens with zero attached hydrogens (tertiary/aromatic N) is 2. The highest BCUT2D eigenvalue weighted by atomic mass is 15.2. The van der Waals surface area contributed by atoms with E-state index in [4.69, 9.17) is 0 Å². The van der Waals surface area contributed by atoms with Crippen molar-refractivity contribution >= 4 is 5.96 Å². The first-order valence-corrected chi connectivity index (χ1v) is 8.55. The van der Waals surface area contributed by atoms with Gasteiger partial charge in [0.15, 0.2) is 5.96 Å². The second-order valence-corrected chi connectivity index (χ2v) is 6.70. The second kappa shape index (κ2) is 9.06. The lowest BCUT2D eigenvalue weighted by Gasteiger charge is -2.26. The Kier molecular flexibility index (Phi) is 6.79. The molecule has 128 valence electrons. The highest BCUT2D eigenvalue weighted by Crippen LogP contribution is 2.20. The molecular weight excluding hydrogens is 296 g/mol. The molecule has 4 heteroatoms. The molecule has 0 atom stereocenters. The van der Waals surface area contributed by atoms with Gasteiger partial charge in [0.2, 0.25) is 0 Å². The fourth-order valence-corrected chi connectivity index (χ4v) is 2.53. The van der Waals surface area contributed by atoms with E-state index >= 15 is 0 Å².